The van der Waals surface area contributed by atoms with Crippen LogP contribution >= 0.6 is 27.7 Å². The zero-order chi connectivity index (χ0) is 9.52. The molecular formula is C10H12BrNS. The van der Waals surface area contributed by atoms with Gasteiger partial charge in [0.25, 0.3) is 0 Å². The van der Waals surface area contributed by atoms with Crippen LogP contribution in [0.15, 0.2) is 45.8 Å². The summed E-state index contributed by atoms with van der Waals surface area (Å²) >= 11 is 5.20. The smallest absolute Gasteiger partial charge is 0.0176 e. The van der Waals surface area contributed by atoms with Crippen LogP contribution in [0.3, 0.4) is 0 Å². The zero-order valence-electron chi connectivity index (χ0n) is 7.24. The van der Waals surface area contributed by atoms with Gasteiger partial charge in [0, 0.05) is 21.7 Å². The molecule has 0 spiro atoms. The van der Waals surface area contributed by atoms with Gasteiger partial charge in [0.1, 0.15) is 0 Å². The average Bonchev–Trinajstić information content (AvgIpc) is 2.15. The highest BCUT2D eigenvalue weighted by Gasteiger charge is 1.90. The Kier molecular flexibility index (Phi) is 5.20. The minimum atomic E-state index is 0.626. The minimum absolute atomic E-state index is 0.626. The first-order chi connectivity index (χ1) is 6.33. The molecule has 1 rings (SSSR count). The average molecular weight is 258 g/mol. The second-order valence-electron chi connectivity index (χ2n) is 2.47. The summed E-state index contributed by atoms with van der Waals surface area (Å²) in [6.45, 7) is 0.626. The number of halogens is 1. The van der Waals surface area contributed by atoms with Crippen molar-refractivity contribution < 1.29 is 0 Å². The number of rotatable bonds is 4. The van der Waals surface area contributed by atoms with E-state index in [9.17, 15) is 0 Å². The van der Waals surface area contributed by atoms with Crippen molar-refractivity contribution in [3.8, 4) is 0 Å². The molecule has 0 saturated carbocycles. The Morgan fingerprint density at radius 1 is 1.23 bits per heavy atom. The number of hydrogen-bond donors (Lipinski definition) is 1. The van der Waals surface area contributed by atoms with Gasteiger partial charge in [-0.2, -0.15) is 0 Å². The topological polar surface area (TPSA) is 26.0 Å². The van der Waals surface area contributed by atoms with E-state index in [0.717, 1.165) is 10.2 Å². The van der Waals surface area contributed by atoms with Crippen molar-refractivity contribution in [3.05, 3.63) is 40.9 Å². The van der Waals surface area contributed by atoms with Crippen LogP contribution in [0.5, 0.6) is 0 Å². The van der Waals surface area contributed by atoms with Gasteiger partial charge in [-0.05, 0) is 24.3 Å². The summed E-state index contributed by atoms with van der Waals surface area (Å²) in [5.41, 5.74) is 5.33. The van der Waals surface area contributed by atoms with Crippen molar-refractivity contribution in [3.63, 3.8) is 0 Å². The van der Waals surface area contributed by atoms with E-state index in [1.807, 2.05) is 6.08 Å². The Morgan fingerprint density at radius 2 is 1.92 bits per heavy atom. The number of thioether (sulfide) groups is 1. The van der Waals surface area contributed by atoms with Crippen molar-refractivity contribution in [1.82, 2.24) is 0 Å². The summed E-state index contributed by atoms with van der Waals surface area (Å²) in [6, 6.07) is 8.31. The molecule has 70 valence electrons. The third-order valence-electron chi connectivity index (χ3n) is 1.46. The van der Waals surface area contributed by atoms with Crippen molar-refractivity contribution in [2.24, 2.45) is 5.73 Å². The van der Waals surface area contributed by atoms with E-state index in [4.69, 9.17) is 5.73 Å². The maximum Gasteiger partial charge on any atom is 0.0176 e. The van der Waals surface area contributed by atoms with Crippen molar-refractivity contribution in [2.45, 2.75) is 4.90 Å². The third-order valence-corrected chi connectivity index (χ3v) is 2.96. The maximum atomic E-state index is 5.33. The molecule has 0 saturated heterocycles. The van der Waals surface area contributed by atoms with Crippen molar-refractivity contribution in [1.29, 1.82) is 0 Å². The molecule has 0 bridgehead atoms. The van der Waals surface area contributed by atoms with Gasteiger partial charge < -0.3 is 5.73 Å². The highest BCUT2D eigenvalue weighted by Crippen LogP contribution is 2.20. The Hall–Kier alpha value is -0.250. The van der Waals surface area contributed by atoms with E-state index in [1.54, 1.807) is 11.8 Å². The number of benzene rings is 1. The lowest BCUT2D eigenvalue weighted by molar-refractivity contribution is 1.25. The highest BCUT2D eigenvalue weighted by atomic mass is 79.9. The molecule has 0 aliphatic heterocycles. The number of nitrogens with two attached hydrogens (primary N) is 1. The highest BCUT2D eigenvalue weighted by molar-refractivity contribution is 9.10. The molecule has 0 aliphatic rings. The first-order valence-electron chi connectivity index (χ1n) is 4.06. The normalized spacial score (nSPS) is 10.9. The zero-order valence-corrected chi connectivity index (χ0v) is 9.64. The Morgan fingerprint density at radius 3 is 2.54 bits per heavy atom. The van der Waals surface area contributed by atoms with Crippen molar-refractivity contribution >= 4 is 27.7 Å². The Bertz CT molecular complexity index is 269. The van der Waals surface area contributed by atoms with Gasteiger partial charge in [-0.1, -0.05) is 28.1 Å². The van der Waals surface area contributed by atoms with Crippen LogP contribution in [0.2, 0.25) is 0 Å². The number of hydrogen-bond acceptors (Lipinski definition) is 2. The van der Waals surface area contributed by atoms with Gasteiger partial charge >= 0.3 is 0 Å². The summed E-state index contributed by atoms with van der Waals surface area (Å²) in [4.78, 5) is 1.28. The minimum Gasteiger partial charge on any atom is -0.327 e. The van der Waals surface area contributed by atoms with Crippen LogP contribution in [-0.2, 0) is 0 Å². The molecule has 2 N–H and O–H groups in total. The fraction of sp³-hybridized carbons (Fsp3) is 0.200. The molecule has 0 radical (unpaired) electrons. The molecular weight excluding hydrogens is 246 g/mol. The van der Waals surface area contributed by atoms with E-state index >= 15 is 0 Å². The molecule has 1 aromatic rings. The summed E-state index contributed by atoms with van der Waals surface area (Å²) in [5.74, 6) is 0.985. The van der Waals surface area contributed by atoms with Gasteiger partial charge in [-0.3, -0.25) is 0 Å². The second kappa shape index (κ2) is 6.24. The van der Waals surface area contributed by atoms with Gasteiger partial charge in [0.15, 0.2) is 0 Å². The molecule has 1 aromatic carbocycles. The van der Waals surface area contributed by atoms with E-state index in [-0.39, 0.29) is 0 Å². The van der Waals surface area contributed by atoms with E-state index in [0.29, 0.717) is 6.54 Å². The van der Waals surface area contributed by atoms with E-state index in [2.05, 4.69) is 46.3 Å². The molecule has 0 amide bonds. The lowest BCUT2D eigenvalue weighted by atomic mass is 10.4. The lowest BCUT2D eigenvalue weighted by Gasteiger charge is -1.97. The predicted molar refractivity (Wildman–Crippen MR) is 63.1 cm³/mol. The van der Waals surface area contributed by atoms with Gasteiger partial charge in [-0.15, -0.1) is 11.8 Å². The van der Waals surface area contributed by atoms with E-state index < -0.39 is 0 Å². The molecule has 0 aliphatic carbocycles. The third kappa shape index (κ3) is 4.50. The van der Waals surface area contributed by atoms with Gasteiger partial charge in [0.2, 0.25) is 0 Å². The monoisotopic (exact) mass is 257 g/mol. The molecule has 0 aromatic heterocycles. The predicted octanol–water partition coefficient (Wildman–Crippen LogP) is 3.06. The molecule has 13 heavy (non-hydrogen) atoms. The molecule has 0 unspecified atom stereocenters. The first kappa shape index (κ1) is 10.8. The maximum absolute atomic E-state index is 5.33. The standard InChI is InChI=1S/C10H12BrNS/c11-9-3-5-10(6-4-9)13-8-2-1-7-12/h1-6H,7-8,12H2. The molecule has 3 heteroatoms. The summed E-state index contributed by atoms with van der Waals surface area (Å²) in [7, 11) is 0. The SMILES string of the molecule is NCC=CCSc1ccc(Br)cc1. The molecule has 1 nitrogen and oxygen atoms in total. The second-order valence-corrected chi connectivity index (χ2v) is 4.48. The molecule has 0 fully saturated rings. The molecule has 0 atom stereocenters. The van der Waals surface area contributed by atoms with Crippen LogP contribution in [-0.4, -0.2) is 12.3 Å². The molecule has 0 heterocycles. The van der Waals surface area contributed by atoms with Crippen molar-refractivity contribution in [2.75, 3.05) is 12.3 Å². The fourth-order valence-corrected chi connectivity index (χ4v) is 1.86. The van der Waals surface area contributed by atoms with Crippen LogP contribution in [0.4, 0.5) is 0 Å². The van der Waals surface area contributed by atoms with E-state index in [1.165, 1.54) is 4.90 Å². The summed E-state index contributed by atoms with van der Waals surface area (Å²) in [6.07, 6.45) is 4.07. The Labute approximate surface area is 91.5 Å². The Balaban J connectivity index is 2.37. The van der Waals surface area contributed by atoms with Gasteiger partial charge in [0.05, 0.1) is 0 Å². The van der Waals surface area contributed by atoms with Crippen LogP contribution < -0.4 is 5.73 Å². The van der Waals surface area contributed by atoms with Gasteiger partial charge in [-0.25, -0.2) is 0 Å². The summed E-state index contributed by atoms with van der Waals surface area (Å²) < 4.78 is 1.12. The lowest BCUT2D eigenvalue weighted by Crippen LogP contribution is -1.92. The summed E-state index contributed by atoms with van der Waals surface area (Å²) in [5, 5.41) is 0. The fourth-order valence-electron chi connectivity index (χ4n) is 0.839. The van der Waals surface area contributed by atoms with Crippen LogP contribution in [0.25, 0.3) is 0 Å². The van der Waals surface area contributed by atoms with Crippen LogP contribution in [0, 0.1) is 0 Å². The largest absolute Gasteiger partial charge is 0.327 e. The van der Waals surface area contributed by atoms with Crippen LogP contribution in [0.1, 0.15) is 0 Å². The quantitative estimate of drug-likeness (QED) is 0.663. The first-order valence-corrected chi connectivity index (χ1v) is 5.84.